The molecule has 0 aromatic heterocycles. The van der Waals surface area contributed by atoms with E-state index in [1.165, 1.54) is 31.5 Å². The summed E-state index contributed by atoms with van der Waals surface area (Å²) in [4.78, 5) is 0. The zero-order valence-corrected chi connectivity index (χ0v) is 12.0. The van der Waals surface area contributed by atoms with Crippen molar-refractivity contribution in [1.29, 1.82) is 0 Å². The fraction of sp³-hybridized carbons (Fsp3) is 0.625. The quantitative estimate of drug-likeness (QED) is 0.792. The van der Waals surface area contributed by atoms with Gasteiger partial charge >= 0.3 is 0 Å². The molecule has 19 heavy (non-hydrogen) atoms. The largest absolute Gasteiger partial charge is 0.493 e. The summed E-state index contributed by atoms with van der Waals surface area (Å²) in [6, 6.07) is 8.35. The van der Waals surface area contributed by atoms with Gasteiger partial charge in [0.15, 0.2) is 0 Å². The number of para-hydroxylation sites is 1. The Morgan fingerprint density at radius 1 is 1.26 bits per heavy atom. The van der Waals surface area contributed by atoms with Crippen LogP contribution in [-0.2, 0) is 6.54 Å². The van der Waals surface area contributed by atoms with E-state index in [0.717, 1.165) is 37.8 Å². The van der Waals surface area contributed by atoms with Crippen LogP contribution in [0.1, 0.15) is 31.7 Å². The summed E-state index contributed by atoms with van der Waals surface area (Å²) in [5.41, 5.74) is 1.27. The standard InChI is InChI=1S/C16H26N2O/c1-2-11-19-16-6-4-3-5-15(16)13-18-12-14-7-9-17-10-8-14/h3-6,14,17-18H,2,7-13H2,1H3. The summed E-state index contributed by atoms with van der Waals surface area (Å²) in [5, 5.41) is 6.99. The van der Waals surface area contributed by atoms with Gasteiger partial charge in [-0.25, -0.2) is 0 Å². The molecule has 0 radical (unpaired) electrons. The average Bonchev–Trinajstić information content (AvgIpc) is 2.47. The number of hydrogen-bond donors (Lipinski definition) is 2. The summed E-state index contributed by atoms with van der Waals surface area (Å²) in [6.07, 6.45) is 3.64. The Balaban J connectivity index is 1.77. The fourth-order valence-electron chi connectivity index (χ4n) is 2.50. The SMILES string of the molecule is CCCOc1ccccc1CNCC1CCNCC1. The molecule has 0 saturated carbocycles. The van der Waals surface area contributed by atoms with Crippen molar-refractivity contribution in [2.24, 2.45) is 5.92 Å². The molecular weight excluding hydrogens is 236 g/mol. The van der Waals surface area contributed by atoms with Crippen LogP contribution in [0.4, 0.5) is 0 Å². The number of nitrogens with one attached hydrogen (secondary N) is 2. The van der Waals surface area contributed by atoms with Crippen LogP contribution >= 0.6 is 0 Å². The molecule has 0 unspecified atom stereocenters. The van der Waals surface area contributed by atoms with E-state index >= 15 is 0 Å². The van der Waals surface area contributed by atoms with Gasteiger partial charge in [0.05, 0.1) is 6.61 Å². The number of hydrogen-bond acceptors (Lipinski definition) is 3. The lowest BCUT2D eigenvalue weighted by Gasteiger charge is -2.23. The van der Waals surface area contributed by atoms with Crippen molar-refractivity contribution in [2.75, 3.05) is 26.2 Å². The zero-order chi connectivity index (χ0) is 13.3. The first-order valence-electron chi connectivity index (χ1n) is 7.52. The third-order valence-corrected chi connectivity index (χ3v) is 3.64. The summed E-state index contributed by atoms with van der Waals surface area (Å²) in [7, 11) is 0. The monoisotopic (exact) mass is 262 g/mol. The van der Waals surface area contributed by atoms with Crippen molar-refractivity contribution in [1.82, 2.24) is 10.6 Å². The summed E-state index contributed by atoms with van der Waals surface area (Å²) >= 11 is 0. The smallest absolute Gasteiger partial charge is 0.123 e. The lowest BCUT2D eigenvalue weighted by Crippen LogP contribution is -2.33. The highest BCUT2D eigenvalue weighted by atomic mass is 16.5. The molecule has 0 atom stereocenters. The van der Waals surface area contributed by atoms with Gasteiger partial charge in [-0.3, -0.25) is 0 Å². The summed E-state index contributed by atoms with van der Waals surface area (Å²) < 4.78 is 5.78. The predicted octanol–water partition coefficient (Wildman–Crippen LogP) is 2.56. The maximum atomic E-state index is 5.78. The molecule has 2 rings (SSSR count). The van der Waals surface area contributed by atoms with Crippen molar-refractivity contribution < 1.29 is 4.74 Å². The lowest BCUT2D eigenvalue weighted by atomic mass is 9.98. The van der Waals surface area contributed by atoms with Gasteiger partial charge in [0.2, 0.25) is 0 Å². The van der Waals surface area contributed by atoms with E-state index in [0.29, 0.717) is 0 Å². The van der Waals surface area contributed by atoms with Crippen LogP contribution in [0.3, 0.4) is 0 Å². The second-order valence-electron chi connectivity index (χ2n) is 5.28. The Bertz CT molecular complexity index is 362. The second-order valence-corrected chi connectivity index (χ2v) is 5.28. The van der Waals surface area contributed by atoms with Gasteiger partial charge in [-0.1, -0.05) is 25.1 Å². The average molecular weight is 262 g/mol. The highest BCUT2D eigenvalue weighted by Crippen LogP contribution is 2.18. The van der Waals surface area contributed by atoms with Crippen molar-refractivity contribution in [3.05, 3.63) is 29.8 Å². The second kappa shape index (κ2) is 8.18. The molecule has 2 N–H and O–H groups in total. The van der Waals surface area contributed by atoms with E-state index in [4.69, 9.17) is 4.74 Å². The molecule has 0 bridgehead atoms. The number of ether oxygens (including phenoxy) is 1. The van der Waals surface area contributed by atoms with Gasteiger partial charge in [0.1, 0.15) is 5.75 Å². The lowest BCUT2D eigenvalue weighted by molar-refractivity contribution is 0.311. The van der Waals surface area contributed by atoms with E-state index in [2.05, 4.69) is 35.8 Å². The van der Waals surface area contributed by atoms with Crippen molar-refractivity contribution in [3.8, 4) is 5.75 Å². The van der Waals surface area contributed by atoms with Crippen LogP contribution in [0.5, 0.6) is 5.75 Å². The molecule has 1 heterocycles. The van der Waals surface area contributed by atoms with Crippen LogP contribution in [-0.4, -0.2) is 26.2 Å². The zero-order valence-electron chi connectivity index (χ0n) is 12.0. The molecule has 0 amide bonds. The minimum atomic E-state index is 0.797. The van der Waals surface area contributed by atoms with Crippen LogP contribution < -0.4 is 15.4 Å². The predicted molar refractivity (Wildman–Crippen MR) is 79.5 cm³/mol. The third-order valence-electron chi connectivity index (χ3n) is 3.64. The molecule has 1 aliphatic heterocycles. The van der Waals surface area contributed by atoms with Crippen molar-refractivity contribution >= 4 is 0 Å². The van der Waals surface area contributed by atoms with Gasteiger partial charge in [0.25, 0.3) is 0 Å². The normalized spacial score (nSPS) is 16.5. The Morgan fingerprint density at radius 3 is 2.84 bits per heavy atom. The number of piperidine rings is 1. The maximum Gasteiger partial charge on any atom is 0.123 e. The molecule has 3 heteroatoms. The Kier molecular flexibility index (Phi) is 6.18. The molecule has 0 spiro atoms. The van der Waals surface area contributed by atoms with Crippen LogP contribution in [0.2, 0.25) is 0 Å². The van der Waals surface area contributed by atoms with E-state index < -0.39 is 0 Å². The topological polar surface area (TPSA) is 33.3 Å². The molecule has 1 aromatic carbocycles. The maximum absolute atomic E-state index is 5.78. The van der Waals surface area contributed by atoms with Crippen LogP contribution in [0.15, 0.2) is 24.3 Å². The molecule has 1 aliphatic rings. The van der Waals surface area contributed by atoms with Crippen molar-refractivity contribution in [2.45, 2.75) is 32.7 Å². The molecule has 3 nitrogen and oxygen atoms in total. The molecule has 1 aromatic rings. The van der Waals surface area contributed by atoms with Crippen molar-refractivity contribution in [3.63, 3.8) is 0 Å². The van der Waals surface area contributed by atoms with E-state index in [1.54, 1.807) is 0 Å². The van der Waals surface area contributed by atoms with Gasteiger partial charge in [-0.15, -0.1) is 0 Å². The minimum absolute atomic E-state index is 0.797. The number of benzene rings is 1. The Hall–Kier alpha value is -1.06. The van der Waals surface area contributed by atoms with Gasteiger partial charge in [-0.2, -0.15) is 0 Å². The molecule has 1 fully saturated rings. The number of rotatable bonds is 7. The van der Waals surface area contributed by atoms with Crippen LogP contribution in [0.25, 0.3) is 0 Å². The van der Waals surface area contributed by atoms with E-state index in [9.17, 15) is 0 Å². The summed E-state index contributed by atoms with van der Waals surface area (Å²) in [6.45, 7) is 7.29. The molecule has 0 aliphatic carbocycles. The summed E-state index contributed by atoms with van der Waals surface area (Å²) in [5.74, 6) is 1.85. The van der Waals surface area contributed by atoms with Gasteiger partial charge in [0, 0.05) is 12.1 Å². The first-order chi connectivity index (χ1) is 9.40. The van der Waals surface area contributed by atoms with E-state index in [1.807, 2.05) is 6.07 Å². The third kappa shape index (κ3) is 4.84. The minimum Gasteiger partial charge on any atom is -0.493 e. The first-order valence-corrected chi connectivity index (χ1v) is 7.52. The Labute approximate surface area is 116 Å². The highest BCUT2D eigenvalue weighted by molar-refractivity contribution is 5.33. The van der Waals surface area contributed by atoms with Gasteiger partial charge < -0.3 is 15.4 Å². The Morgan fingerprint density at radius 2 is 2.05 bits per heavy atom. The molecular formula is C16H26N2O. The molecule has 106 valence electrons. The fourth-order valence-corrected chi connectivity index (χ4v) is 2.50. The van der Waals surface area contributed by atoms with E-state index in [-0.39, 0.29) is 0 Å². The van der Waals surface area contributed by atoms with Gasteiger partial charge in [-0.05, 0) is 50.9 Å². The highest BCUT2D eigenvalue weighted by Gasteiger charge is 2.12. The molecule has 1 saturated heterocycles. The first kappa shape index (κ1) is 14.4. The van der Waals surface area contributed by atoms with Crippen LogP contribution in [0, 0.1) is 5.92 Å².